The number of esters is 1. The fourth-order valence-electron chi connectivity index (χ4n) is 3.77. The maximum absolute atomic E-state index is 11.7. The van der Waals surface area contributed by atoms with Crippen molar-refractivity contribution in [3.63, 3.8) is 0 Å². The van der Waals surface area contributed by atoms with Gasteiger partial charge in [0.1, 0.15) is 0 Å². The van der Waals surface area contributed by atoms with Crippen LogP contribution in [0, 0.1) is 17.8 Å². The molecular weight excluding hydrogens is 294 g/mol. The summed E-state index contributed by atoms with van der Waals surface area (Å²) in [5, 5.41) is 2.90. The molecule has 5 nitrogen and oxygen atoms in total. The van der Waals surface area contributed by atoms with E-state index in [-0.39, 0.29) is 12.1 Å². The molecule has 1 amide bonds. The molecule has 3 atom stereocenters. The fraction of sp³-hybridized carbons (Fsp3) is 0.778. The van der Waals surface area contributed by atoms with E-state index in [1.807, 2.05) is 0 Å². The lowest BCUT2D eigenvalue weighted by Gasteiger charge is -2.21. The molecule has 2 saturated carbocycles. The van der Waals surface area contributed by atoms with E-state index in [2.05, 4.69) is 11.9 Å². The lowest BCUT2D eigenvalue weighted by molar-refractivity contribution is -0.139. The van der Waals surface area contributed by atoms with Crippen LogP contribution in [0.5, 0.6) is 0 Å². The molecule has 0 radical (unpaired) electrons. The van der Waals surface area contributed by atoms with Gasteiger partial charge in [0.15, 0.2) is 0 Å². The van der Waals surface area contributed by atoms with Crippen molar-refractivity contribution in [2.24, 2.45) is 17.8 Å². The van der Waals surface area contributed by atoms with Crippen molar-refractivity contribution in [3.8, 4) is 0 Å². The van der Waals surface area contributed by atoms with Gasteiger partial charge in [-0.05, 0) is 50.4 Å². The van der Waals surface area contributed by atoms with Gasteiger partial charge in [0.25, 0.3) is 0 Å². The van der Waals surface area contributed by atoms with Gasteiger partial charge in [0, 0.05) is 12.1 Å². The lowest BCUT2D eigenvalue weighted by Crippen LogP contribution is -2.31. The van der Waals surface area contributed by atoms with Crippen LogP contribution >= 0.6 is 0 Å². The minimum Gasteiger partial charge on any atom is -0.462 e. The third kappa shape index (κ3) is 5.88. The molecule has 1 N–H and O–H groups in total. The molecule has 0 spiro atoms. The molecule has 130 valence electrons. The van der Waals surface area contributed by atoms with Gasteiger partial charge in [-0.2, -0.15) is 0 Å². The van der Waals surface area contributed by atoms with E-state index in [0.717, 1.165) is 18.4 Å². The first-order valence-electron chi connectivity index (χ1n) is 8.79. The molecule has 0 heterocycles. The highest BCUT2D eigenvalue weighted by molar-refractivity contribution is 5.86. The Balaban J connectivity index is 1.47. The number of amides is 1. The first-order chi connectivity index (χ1) is 11.1. The zero-order valence-electron chi connectivity index (χ0n) is 14.1. The van der Waals surface area contributed by atoms with Gasteiger partial charge in [-0.1, -0.05) is 25.8 Å². The monoisotopic (exact) mass is 323 g/mol. The molecule has 0 aliphatic heterocycles. The first kappa shape index (κ1) is 17.8. The van der Waals surface area contributed by atoms with E-state index >= 15 is 0 Å². The minimum atomic E-state index is -0.370. The van der Waals surface area contributed by atoms with Crippen molar-refractivity contribution in [3.05, 3.63) is 12.2 Å². The van der Waals surface area contributed by atoms with Crippen LogP contribution in [0.25, 0.3) is 0 Å². The van der Waals surface area contributed by atoms with Gasteiger partial charge < -0.3 is 14.8 Å². The predicted octanol–water partition coefficient (Wildman–Crippen LogP) is 3.44. The molecule has 2 aliphatic rings. The normalized spacial score (nSPS) is 25.7. The molecule has 3 unspecified atom stereocenters. The summed E-state index contributed by atoms with van der Waals surface area (Å²) in [7, 11) is 0. The van der Waals surface area contributed by atoms with E-state index in [1.165, 1.54) is 32.1 Å². The van der Waals surface area contributed by atoms with Crippen LogP contribution in [-0.2, 0) is 14.3 Å². The average Bonchev–Trinajstić information content (AvgIpc) is 2.81. The van der Waals surface area contributed by atoms with Gasteiger partial charge in [-0.3, -0.25) is 0 Å². The number of hydrogen-bond acceptors (Lipinski definition) is 4. The molecule has 23 heavy (non-hydrogen) atoms. The second-order valence-electron chi connectivity index (χ2n) is 6.93. The highest BCUT2D eigenvalue weighted by atomic mass is 16.5. The molecule has 0 aromatic heterocycles. The summed E-state index contributed by atoms with van der Waals surface area (Å²) in [4.78, 5) is 22.8. The Morgan fingerprint density at radius 2 is 1.87 bits per heavy atom. The summed E-state index contributed by atoms with van der Waals surface area (Å²) in [5.74, 6) is 1.96. The Labute approximate surface area is 138 Å². The number of alkyl carbamates (subject to hydrolysis) is 1. The van der Waals surface area contributed by atoms with E-state index in [1.54, 1.807) is 6.92 Å². The van der Waals surface area contributed by atoms with Crippen LogP contribution in [0.2, 0.25) is 0 Å². The second-order valence-corrected chi connectivity index (χ2v) is 6.93. The van der Waals surface area contributed by atoms with Gasteiger partial charge in [-0.25, -0.2) is 9.59 Å². The lowest BCUT2D eigenvalue weighted by atomic mass is 9.87. The molecule has 0 saturated heterocycles. The summed E-state index contributed by atoms with van der Waals surface area (Å²) in [5.41, 5.74) is 0.400. The number of unbranched alkanes of at least 4 members (excludes halogenated alkanes) is 1. The summed E-state index contributed by atoms with van der Waals surface area (Å²) in [6, 6.07) is 0. The van der Waals surface area contributed by atoms with Crippen LogP contribution in [-0.4, -0.2) is 31.8 Å². The smallest absolute Gasteiger partial charge is 0.407 e. The first-order valence-corrected chi connectivity index (χ1v) is 8.79. The van der Waals surface area contributed by atoms with Gasteiger partial charge >= 0.3 is 12.1 Å². The Morgan fingerprint density at radius 3 is 2.57 bits per heavy atom. The van der Waals surface area contributed by atoms with Crippen LogP contribution in [0.4, 0.5) is 4.79 Å². The number of carbonyl (C=O) groups excluding carboxylic acids is 2. The van der Waals surface area contributed by atoms with Crippen molar-refractivity contribution in [2.75, 3.05) is 19.8 Å². The Morgan fingerprint density at radius 1 is 1.13 bits per heavy atom. The quantitative estimate of drug-likeness (QED) is 0.422. The number of nitrogens with one attached hydrogen (secondary N) is 1. The Kier molecular flexibility index (Phi) is 6.93. The SMILES string of the molecule is C=C(C)C(=O)OCCCCOC(=O)NCC1CC2CCCC1C2. The minimum absolute atomic E-state index is 0.328. The number of fused-ring (bicyclic) bond motifs is 2. The van der Waals surface area contributed by atoms with Crippen LogP contribution in [0.15, 0.2) is 12.2 Å². The van der Waals surface area contributed by atoms with Crippen molar-refractivity contribution in [1.29, 1.82) is 0 Å². The average molecular weight is 323 g/mol. The van der Waals surface area contributed by atoms with Crippen molar-refractivity contribution in [2.45, 2.75) is 51.9 Å². The topological polar surface area (TPSA) is 64.6 Å². The van der Waals surface area contributed by atoms with Gasteiger partial charge in [-0.15, -0.1) is 0 Å². The van der Waals surface area contributed by atoms with E-state index in [4.69, 9.17) is 9.47 Å². The summed E-state index contributed by atoms with van der Waals surface area (Å²) >= 11 is 0. The van der Waals surface area contributed by atoms with E-state index < -0.39 is 0 Å². The van der Waals surface area contributed by atoms with Crippen LogP contribution in [0.3, 0.4) is 0 Å². The highest BCUT2D eigenvalue weighted by Crippen LogP contribution is 2.45. The summed E-state index contributed by atoms with van der Waals surface area (Å²) in [6.07, 6.45) is 7.69. The molecule has 2 fully saturated rings. The molecule has 0 aromatic carbocycles. The second kappa shape index (κ2) is 8.94. The maximum Gasteiger partial charge on any atom is 0.407 e. The third-order valence-electron chi connectivity index (χ3n) is 4.99. The van der Waals surface area contributed by atoms with E-state index in [0.29, 0.717) is 37.5 Å². The number of rotatable bonds is 8. The van der Waals surface area contributed by atoms with Gasteiger partial charge in [0.2, 0.25) is 0 Å². The van der Waals surface area contributed by atoms with Gasteiger partial charge in [0.05, 0.1) is 13.2 Å². The highest BCUT2D eigenvalue weighted by Gasteiger charge is 2.36. The largest absolute Gasteiger partial charge is 0.462 e. The molecule has 2 rings (SSSR count). The molecule has 2 bridgehead atoms. The Bertz CT molecular complexity index is 435. The predicted molar refractivity (Wildman–Crippen MR) is 87.9 cm³/mol. The molecule has 0 aromatic rings. The third-order valence-corrected chi connectivity index (χ3v) is 4.99. The molecular formula is C18H29NO4. The van der Waals surface area contributed by atoms with Crippen molar-refractivity contribution >= 4 is 12.1 Å². The van der Waals surface area contributed by atoms with Crippen molar-refractivity contribution in [1.82, 2.24) is 5.32 Å². The maximum atomic E-state index is 11.7. The van der Waals surface area contributed by atoms with Crippen molar-refractivity contribution < 1.29 is 19.1 Å². The Hall–Kier alpha value is -1.52. The number of carbonyl (C=O) groups is 2. The summed E-state index contributed by atoms with van der Waals surface area (Å²) in [6.45, 7) is 6.57. The zero-order valence-corrected chi connectivity index (χ0v) is 14.1. The molecule has 2 aliphatic carbocycles. The standard InChI is InChI=1S/C18H29NO4/c1-13(2)17(20)22-8-3-4-9-23-18(21)19-12-16-11-14-6-5-7-15(16)10-14/h14-16H,1,3-12H2,2H3,(H,19,21). The van der Waals surface area contributed by atoms with Crippen LogP contribution < -0.4 is 5.32 Å². The molecule has 5 heteroatoms. The number of ether oxygens (including phenoxy) is 2. The van der Waals surface area contributed by atoms with E-state index in [9.17, 15) is 9.59 Å². The zero-order chi connectivity index (χ0) is 16.7. The summed E-state index contributed by atoms with van der Waals surface area (Å²) < 4.78 is 10.1. The van der Waals surface area contributed by atoms with Crippen LogP contribution in [0.1, 0.15) is 51.9 Å². The number of hydrogen-bond donors (Lipinski definition) is 1. The fourth-order valence-corrected chi connectivity index (χ4v) is 3.77.